The fraction of sp³-hybridized carbons (Fsp3) is 0.917. The van der Waals surface area contributed by atoms with Crippen LogP contribution in [0.25, 0.3) is 0 Å². The number of carbonyl (C=O) groups excluding carboxylic acids is 1. The molecule has 1 aliphatic carbocycles. The molecule has 2 N–H and O–H groups in total. The summed E-state index contributed by atoms with van der Waals surface area (Å²) in [6, 6.07) is 0.485. The van der Waals surface area contributed by atoms with Gasteiger partial charge in [0.25, 0.3) is 0 Å². The van der Waals surface area contributed by atoms with Crippen molar-refractivity contribution in [1.82, 2.24) is 4.90 Å². The van der Waals surface area contributed by atoms with Crippen LogP contribution in [0.4, 0.5) is 0 Å². The maximum absolute atomic E-state index is 12.3. The zero-order valence-electron chi connectivity index (χ0n) is 10.3. The van der Waals surface area contributed by atoms with Crippen molar-refractivity contribution in [2.45, 2.75) is 64.5 Å². The summed E-state index contributed by atoms with van der Waals surface area (Å²) in [5.74, 6) is 0.164. The van der Waals surface area contributed by atoms with Crippen LogP contribution in [0.15, 0.2) is 0 Å². The maximum atomic E-state index is 12.3. The fourth-order valence-electron chi connectivity index (χ4n) is 1.92. The van der Waals surface area contributed by atoms with Gasteiger partial charge in [-0.25, -0.2) is 0 Å². The molecule has 1 aliphatic rings. The summed E-state index contributed by atoms with van der Waals surface area (Å²) in [4.78, 5) is 14.3. The van der Waals surface area contributed by atoms with Crippen molar-refractivity contribution < 1.29 is 4.79 Å². The molecule has 0 spiro atoms. The van der Waals surface area contributed by atoms with Crippen molar-refractivity contribution in [2.75, 3.05) is 6.54 Å². The van der Waals surface area contributed by atoms with E-state index < -0.39 is 5.54 Å². The highest BCUT2D eigenvalue weighted by Crippen LogP contribution is 2.29. The largest absolute Gasteiger partial charge is 0.338 e. The second-order valence-electron chi connectivity index (χ2n) is 4.59. The van der Waals surface area contributed by atoms with Gasteiger partial charge >= 0.3 is 0 Å². The molecule has 0 aromatic rings. The monoisotopic (exact) mass is 212 g/mol. The first kappa shape index (κ1) is 12.5. The second-order valence-corrected chi connectivity index (χ2v) is 4.59. The molecule has 0 aromatic carbocycles. The van der Waals surface area contributed by atoms with Gasteiger partial charge in [0.1, 0.15) is 0 Å². The Balaban J connectivity index is 2.69. The first-order valence-electron chi connectivity index (χ1n) is 6.19. The molecule has 0 atom stereocenters. The zero-order valence-corrected chi connectivity index (χ0v) is 10.3. The van der Waals surface area contributed by atoms with Gasteiger partial charge in [0.05, 0.1) is 5.54 Å². The molecule has 0 saturated heterocycles. The molecular weight excluding hydrogens is 188 g/mol. The highest BCUT2D eigenvalue weighted by molar-refractivity contribution is 5.86. The van der Waals surface area contributed by atoms with E-state index >= 15 is 0 Å². The van der Waals surface area contributed by atoms with E-state index in [0.717, 1.165) is 38.6 Å². The van der Waals surface area contributed by atoms with Gasteiger partial charge in [0.2, 0.25) is 5.91 Å². The van der Waals surface area contributed by atoms with Crippen LogP contribution in [0.1, 0.15) is 52.9 Å². The Hall–Kier alpha value is -0.570. The predicted octanol–water partition coefficient (Wildman–Crippen LogP) is 1.90. The molecule has 0 bridgehead atoms. The molecule has 15 heavy (non-hydrogen) atoms. The first-order chi connectivity index (χ1) is 7.09. The van der Waals surface area contributed by atoms with Gasteiger partial charge in [-0.05, 0) is 32.1 Å². The summed E-state index contributed by atoms with van der Waals surface area (Å²) in [7, 11) is 0. The molecule has 0 aliphatic heterocycles. The predicted molar refractivity (Wildman–Crippen MR) is 62.5 cm³/mol. The van der Waals surface area contributed by atoms with Crippen molar-refractivity contribution in [3.63, 3.8) is 0 Å². The summed E-state index contributed by atoms with van der Waals surface area (Å²) in [6.07, 6.45) is 4.81. The average molecular weight is 212 g/mol. The van der Waals surface area contributed by atoms with Gasteiger partial charge in [-0.2, -0.15) is 0 Å². The van der Waals surface area contributed by atoms with Crippen LogP contribution < -0.4 is 5.73 Å². The normalized spacial score (nSPS) is 16.5. The lowest BCUT2D eigenvalue weighted by Crippen LogP contribution is -2.55. The molecule has 1 amide bonds. The molecule has 1 rings (SSSR count). The number of nitrogens with two attached hydrogens (primary N) is 1. The molecule has 1 fully saturated rings. The number of hydrogen-bond acceptors (Lipinski definition) is 2. The number of carbonyl (C=O) groups is 1. The Morgan fingerprint density at radius 2 is 1.87 bits per heavy atom. The van der Waals surface area contributed by atoms with Crippen molar-refractivity contribution in [2.24, 2.45) is 5.73 Å². The van der Waals surface area contributed by atoms with E-state index in [-0.39, 0.29) is 5.91 Å². The second kappa shape index (κ2) is 4.97. The number of rotatable bonds is 6. The third kappa shape index (κ3) is 2.71. The third-order valence-electron chi connectivity index (χ3n) is 3.40. The minimum absolute atomic E-state index is 0.164. The van der Waals surface area contributed by atoms with Gasteiger partial charge in [0, 0.05) is 12.6 Å². The molecular formula is C12H24N2O. The highest BCUT2D eigenvalue weighted by Gasteiger charge is 2.40. The highest BCUT2D eigenvalue weighted by atomic mass is 16.2. The lowest BCUT2D eigenvalue weighted by atomic mass is 9.92. The van der Waals surface area contributed by atoms with Crippen LogP contribution in [-0.2, 0) is 4.79 Å². The Morgan fingerprint density at radius 1 is 1.33 bits per heavy atom. The van der Waals surface area contributed by atoms with Crippen LogP contribution in [0.2, 0.25) is 0 Å². The van der Waals surface area contributed by atoms with E-state index in [1.54, 1.807) is 0 Å². The van der Waals surface area contributed by atoms with Gasteiger partial charge in [0.15, 0.2) is 0 Å². The molecule has 0 aromatic heterocycles. The van der Waals surface area contributed by atoms with Crippen molar-refractivity contribution in [3.05, 3.63) is 0 Å². The standard InChI is InChI=1S/C12H24N2O/c1-4-9-14(10-7-8-10)11(15)12(13,5-2)6-3/h10H,4-9,13H2,1-3H3. The minimum Gasteiger partial charge on any atom is -0.338 e. The summed E-state index contributed by atoms with van der Waals surface area (Å²) in [5, 5.41) is 0. The minimum atomic E-state index is -0.627. The van der Waals surface area contributed by atoms with E-state index in [9.17, 15) is 4.79 Å². The van der Waals surface area contributed by atoms with E-state index in [2.05, 4.69) is 6.92 Å². The van der Waals surface area contributed by atoms with Gasteiger partial charge in [-0.3, -0.25) is 4.79 Å². The van der Waals surface area contributed by atoms with Crippen LogP contribution in [0.5, 0.6) is 0 Å². The number of hydrogen-bond donors (Lipinski definition) is 1. The smallest absolute Gasteiger partial charge is 0.242 e. The van der Waals surface area contributed by atoms with E-state index in [1.807, 2.05) is 18.7 Å². The maximum Gasteiger partial charge on any atom is 0.242 e. The third-order valence-corrected chi connectivity index (χ3v) is 3.40. The summed E-state index contributed by atoms with van der Waals surface area (Å²) >= 11 is 0. The summed E-state index contributed by atoms with van der Waals surface area (Å²) in [5.41, 5.74) is 5.52. The molecule has 0 heterocycles. The molecule has 0 unspecified atom stereocenters. The molecule has 0 radical (unpaired) electrons. The Kier molecular flexibility index (Phi) is 4.14. The van der Waals surface area contributed by atoms with Crippen molar-refractivity contribution in [1.29, 1.82) is 0 Å². The average Bonchev–Trinajstić information content (AvgIpc) is 3.07. The van der Waals surface area contributed by atoms with Crippen LogP contribution in [0, 0.1) is 0 Å². The van der Waals surface area contributed by atoms with Gasteiger partial charge < -0.3 is 10.6 Å². The quantitative estimate of drug-likeness (QED) is 0.731. The SMILES string of the molecule is CCCN(C(=O)C(N)(CC)CC)C1CC1. The molecule has 3 heteroatoms. The van der Waals surface area contributed by atoms with Crippen molar-refractivity contribution in [3.8, 4) is 0 Å². The fourth-order valence-corrected chi connectivity index (χ4v) is 1.92. The number of amides is 1. The van der Waals surface area contributed by atoms with Crippen LogP contribution in [0.3, 0.4) is 0 Å². The summed E-state index contributed by atoms with van der Waals surface area (Å²) < 4.78 is 0. The van der Waals surface area contributed by atoms with E-state index in [0.29, 0.717) is 6.04 Å². The topological polar surface area (TPSA) is 46.3 Å². The van der Waals surface area contributed by atoms with Crippen molar-refractivity contribution >= 4 is 5.91 Å². The summed E-state index contributed by atoms with van der Waals surface area (Å²) in [6.45, 7) is 6.97. The Bertz CT molecular complexity index is 220. The molecule has 3 nitrogen and oxygen atoms in total. The number of nitrogens with zero attached hydrogens (tertiary/aromatic N) is 1. The molecule has 88 valence electrons. The van der Waals surface area contributed by atoms with Crippen LogP contribution >= 0.6 is 0 Å². The Labute approximate surface area is 93.0 Å². The lowest BCUT2D eigenvalue weighted by molar-refractivity contribution is -0.138. The Morgan fingerprint density at radius 3 is 2.20 bits per heavy atom. The lowest BCUT2D eigenvalue weighted by Gasteiger charge is -2.33. The molecule has 1 saturated carbocycles. The van der Waals surface area contributed by atoms with Crippen LogP contribution in [-0.4, -0.2) is 28.9 Å². The zero-order chi connectivity index (χ0) is 11.5. The first-order valence-corrected chi connectivity index (χ1v) is 6.19. The van der Waals surface area contributed by atoms with E-state index in [4.69, 9.17) is 5.73 Å². The van der Waals surface area contributed by atoms with Gasteiger partial charge in [-0.1, -0.05) is 20.8 Å². The van der Waals surface area contributed by atoms with E-state index in [1.165, 1.54) is 0 Å². The van der Waals surface area contributed by atoms with Gasteiger partial charge in [-0.15, -0.1) is 0 Å².